The first kappa shape index (κ1) is 17.2. The van der Waals surface area contributed by atoms with Gasteiger partial charge in [0.1, 0.15) is 6.04 Å². The Morgan fingerprint density at radius 3 is 2.58 bits per heavy atom. The van der Waals surface area contributed by atoms with Crippen LogP contribution in [-0.4, -0.2) is 35.8 Å². The molecule has 1 fully saturated rings. The third-order valence-corrected chi connectivity index (χ3v) is 5.74. The first-order valence-corrected chi connectivity index (χ1v) is 9.64. The topological polar surface area (TPSA) is 49.4 Å². The molecule has 0 unspecified atom stereocenters. The summed E-state index contributed by atoms with van der Waals surface area (Å²) in [5.41, 5.74) is 1.05. The molecule has 1 atom stereocenters. The van der Waals surface area contributed by atoms with E-state index < -0.39 is 6.04 Å². The summed E-state index contributed by atoms with van der Waals surface area (Å²) in [5, 5.41) is 4.89. The van der Waals surface area contributed by atoms with Crippen LogP contribution in [0.5, 0.6) is 0 Å². The highest BCUT2D eigenvalue weighted by atomic mass is 79.9. The van der Waals surface area contributed by atoms with Crippen LogP contribution in [0, 0.1) is 0 Å². The van der Waals surface area contributed by atoms with Gasteiger partial charge in [-0.1, -0.05) is 30.3 Å². The average Bonchev–Trinajstić information content (AvgIpc) is 2.91. The number of benzene rings is 1. The molecule has 4 nitrogen and oxygen atoms in total. The Balaban J connectivity index is 1.66. The highest BCUT2D eigenvalue weighted by molar-refractivity contribution is 9.10. The van der Waals surface area contributed by atoms with Gasteiger partial charge in [0.15, 0.2) is 0 Å². The van der Waals surface area contributed by atoms with Gasteiger partial charge in [0.05, 0.1) is 6.42 Å². The van der Waals surface area contributed by atoms with E-state index in [0.717, 1.165) is 34.4 Å². The maximum Gasteiger partial charge on any atom is 0.245 e. The number of nitrogens with one attached hydrogen (secondary N) is 1. The van der Waals surface area contributed by atoms with Crippen molar-refractivity contribution in [1.29, 1.82) is 0 Å². The van der Waals surface area contributed by atoms with Crippen LogP contribution in [-0.2, 0) is 22.4 Å². The zero-order valence-corrected chi connectivity index (χ0v) is 15.6. The molecule has 1 aromatic carbocycles. The summed E-state index contributed by atoms with van der Waals surface area (Å²) in [7, 11) is 0. The monoisotopic (exact) mass is 406 g/mol. The highest BCUT2D eigenvalue weighted by Crippen LogP contribution is 2.20. The Hall–Kier alpha value is -1.66. The van der Waals surface area contributed by atoms with Crippen LogP contribution in [0.3, 0.4) is 0 Å². The van der Waals surface area contributed by atoms with Crippen molar-refractivity contribution in [2.75, 3.05) is 13.1 Å². The van der Waals surface area contributed by atoms with Crippen molar-refractivity contribution in [3.63, 3.8) is 0 Å². The first-order valence-electron chi connectivity index (χ1n) is 7.97. The number of carbonyl (C=O) groups excluding carboxylic acids is 2. The van der Waals surface area contributed by atoms with Crippen molar-refractivity contribution in [2.24, 2.45) is 0 Å². The molecule has 3 rings (SSSR count). The summed E-state index contributed by atoms with van der Waals surface area (Å²) in [5.74, 6) is -0.0926. The fourth-order valence-electron chi connectivity index (χ4n) is 2.66. The van der Waals surface area contributed by atoms with E-state index in [1.807, 2.05) is 46.7 Å². The van der Waals surface area contributed by atoms with E-state index in [-0.39, 0.29) is 11.8 Å². The van der Waals surface area contributed by atoms with E-state index in [1.54, 1.807) is 0 Å². The zero-order valence-electron chi connectivity index (χ0n) is 13.2. The lowest BCUT2D eigenvalue weighted by atomic mass is 10.0. The summed E-state index contributed by atoms with van der Waals surface area (Å²) in [6.07, 6.45) is 1.87. The quantitative estimate of drug-likeness (QED) is 0.801. The van der Waals surface area contributed by atoms with Crippen LogP contribution in [0.2, 0.25) is 0 Å². The second-order valence-corrected chi connectivity index (χ2v) is 7.81. The van der Waals surface area contributed by atoms with Crippen molar-refractivity contribution in [3.8, 4) is 0 Å². The molecule has 0 radical (unpaired) electrons. The molecule has 1 aliphatic rings. The Morgan fingerprint density at radius 2 is 2.00 bits per heavy atom. The van der Waals surface area contributed by atoms with Gasteiger partial charge in [0.25, 0.3) is 0 Å². The molecule has 24 heavy (non-hydrogen) atoms. The molecule has 0 saturated carbocycles. The first-order chi connectivity index (χ1) is 11.6. The number of halogens is 1. The number of likely N-dealkylation sites (tertiary alicyclic amines) is 1. The lowest BCUT2D eigenvalue weighted by Crippen LogP contribution is -2.54. The van der Waals surface area contributed by atoms with Gasteiger partial charge in [-0.05, 0) is 34.0 Å². The molecule has 2 amide bonds. The van der Waals surface area contributed by atoms with Gasteiger partial charge in [-0.2, -0.15) is 0 Å². The number of nitrogens with zero attached hydrogens (tertiary/aromatic N) is 1. The Morgan fingerprint density at radius 1 is 1.25 bits per heavy atom. The molecular weight excluding hydrogens is 388 g/mol. The normalized spacial score (nSPS) is 14.8. The molecule has 2 aromatic rings. The maximum atomic E-state index is 12.6. The predicted octanol–water partition coefficient (Wildman–Crippen LogP) is 3.01. The SMILES string of the molecule is O=C(Cc1cc(Br)cs1)N[C@@H](Cc1ccccc1)C(=O)N1CCC1. The second kappa shape index (κ2) is 7.94. The van der Waals surface area contributed by atoms with Crippen LogP contribution < -0.4 is 5.32 Å². The summed E-state index contributed by atoms with van der Waals surface area (Å²) in [4.78, 5) is 27.8. The Bertz CT molecular complexity index is 713. The van der Waals surface area contributed by atoms with Gasteiger partial charge >= 0.3 is 0 Å². The van der Waals surface area contributed by atoms with E-state index in [0.29, 0.717) is 12.8 Å². The van der Waals surface area contributed by atoms with Gasteiger partial charge in [-0.3, -0.25) is 9.59 Å². The zero-order chi connectivity index (χ0) is 16.9. The minimum atomic E-state index is -0.497. The molecule has 126 valence electrons. The van der Waals surface area contributed by atoms with Crippen molar-refractivity contribution in [1.82, 2.24) is 10.2 Å². The summed E-state index contributed by atoms with van der Waals surface area (Å²) >= 11 is 4.93. The third kappa shape index (κ3) is 4.45. The van der Waals surface area contributed by atoms with E-state index >= 15 is 0 Å². The van der Waals surface area contributed by atoms with E-state index in [9.17, 15) is 9.59 Å². The minimum absolute atomic E-state index is 0.0193. The molecular formula is C18H19BrN2O2S. The molecule has 6 heteroatoms. The van der Waals surface area contributed by atoms with Gasteiger partial charge < -0.3 is 10.2 Å². The summed E-state index contributed by atoms with van der Waals surface area (Å²) < 4.78 is 0.979. The fourth-order valence-corrected chi connectivity index (χ4v) is 4.11. The fraction of sp³-hybridized carbons (Fsp3) is 0.333. The lowest BCUT2D eigenvalue weighted by Gasteiger charge is -2.34. The summed E-state index contributed by atoms with van der Waals surface area (Å²) in [6, 6.07) is 11.3. The van der Waals surface area contributed by atoms with Crippen molar-refractivity contribution >= 4 is 39.1 Å². The van der Waals surface area contributed by atoms with Crippen LogP contribution >= 0.6 is 27.3 Å². The molecule has 0 bridgehead atoms. The Labute approximate surface area is 154 Å². The molecule has 1 N–H and O–H groups in total. The van der Waals surface area contributed by atoms with Gasteiger partial charge in [0.2, 0.25) is 11.8 Å². The number of hydrogen-bond acceptors (Lipinski definition) is 3. The maximum absolute atomic E-state index is 12.6. The standard InChI is InChI=1S/C18H19BrN2O2S/c19-14-10-15(24-12-14)11-17(22)20-16(18(23)21-7-4-8-21)9-13-5-2-1-3-6-13/h1-3,5-6,10,12,16H,4,7-9,11H2,(H,20,22)/t16-/m0/s1. The van der Waals surface area contributed by atoms with Gasteiger partial charge in [-0.15, -0.1) is 11.3 Å². The molecule has 1 saturated heterocycles. The average molecular weight is 407 g/mol. The number of rotatable bonds is 6. The van der Waals surface area contributed by atoms with Crippen molar-refractivity contribution < 1.29 is 9.59 Å². The smallest absolute Gasteiger partial charge is 0.245 e. The second-order valence-electron chi connectivity index (χ2n) is 5.90. The molecule has 0 aliphatic carbocycles. The van der Waals surface area contributed by atoms with E-state index in [1.165, 1.54) is 11.3 Å². The molecule has 1 aliphatic heterocycles. The van der Waals surface area contributed by atoms with Crippen LogP contribution in [0.25, 0.3) is 0 Å². The van der Waals surface area contributed by atoms with Gasteiger partial charge in [-0.25, -0.2) is 0 Å². The Kier molecular flexibility index (Phi) is 5.68. The van der Waals surface area contributed by atoms with Gasteiger partial charge in [0, 0.05) is 34.2 Å². The molecule has 0 spiro atoms. The van der Waals surface area contributed by atoms with Crippen molar-refractivity contribution in [3.05, 3.63) is 56.7 Å². The van der Waals surface area contributed by atoms with Crippen LogP contribution in [0.4, 0.5) is 0 Å². The number of amides is 2. The van der Waals surface area contributed by atoms with E-state index in [4.69, 9.17) is 0 Å². The van der Waals surface area contributed by atoms with Crippen molar-refractivity contribution in [2.45, 2.75) is 25.3 Å². The molecule has 2 heterocycles. The van der Waals surface area contributed by atoms with Crippen LogP contribution in [0.15, 0.2) is 46.3 Å². The summed E-state index contributed by atoms with van der Waals surface area (Å²) in [6.45, 7) is 1.58. The number of thiophene rings is 1. The highest BCUT2D eigenvalue weighted by Gasteiger charge is 2.29. The van der Waals surface area contributed by atoms with Crippen LogP contribution in [0.1, 0.15) is 16.9 Å². The lowest BCUT2D eigenvalue weighted by molar-refractivity contribution is -0.139. The minimum Gasteiger partial charge on any atom is -0.344 e. The largest absolute Gasteiger partial charge is 0.344 e. The third-order valence-electron chi connectivity index (χ3n) is 4.04. The predicted molar refractivity (Wildman–Crippen MR) is 99.0 cm³/mol. The van der Waals surface area contributed by atoms with E-state index in [2.05, 4.69) is 21.2 Å². The number of carbonyl (C=O) groups is 2. The number of hydrogen-bond donors (Lipinski definition) is 1. The molecule has 1 aromatic heterocycles.